The van der Waals surface area contributed by atoms with Crippen LogP contribution in [0, 0.1) is 17.2 Å². The van der Waals surface area contributed by atoms with Gasteiger partial charge >= 0.3 is 0 Å². The molecular weight excluding hydrogens is 523 g/mol. The number of hydrogen-bond donors (Lipinski definition) is 0. The zero-order valence-corrected chi connectivity index (χ0v) is 21.6. The van der Waals surface area contributed by atoms with Gasteiger partial charge in [0.25, 0.3) is 5.91 Å². The van der Waals surface area contributed by atoms with E-state index >= 15 is 0 Å². The molecule has 1 amide bonds. The van der Waals surface area contributed by atoms with Crippen LogP contribution in [0.4, 0.5) is 0 Å². The Bertz CT molecular complexity index is 1420. The van der Waals surface area contributed by atoms with Crippen LogP contribution in [0.1, 0.15) is 33.8 Å². The second kappa shape index (κ2) is 10.8. The first-order valence-corrected chi connectivity index (χ1v) is 13.7. The third kappa shape index (κ3) is 5.78. The molecule has 0 N–H and O–H groups in total. The Morgan fingerprint density at radius 2 is 1.97 bits per heavy atom. The molecule has 0 bridgehead atoms. The zero-order valence-electron chi connectivity index (χ0n) is 19.3. The largest absolute Gasteiger partial charge is 0.492 e. The number of hydrogen-bond acceptors (Lipinski definition) is 7. The summed E-state index contributed by atoms with van der Waals surface area (Å²) < 4.78 is 29.3. The third-order valence-corrected chi connectivity index (χ3v) is 7.85. The molecule has 36 heavy (non-hydrogen) atoms. The summed E-state index contributed by atoms with van der Waals surface area (Å²) in [5.74, 6) is 0.240. The average Bonchev–Trinajstić information content (AvgIpc) is 3.29. The van der Waals surface area contributed by atoms with Crippen molar-refractivity contribution in [1.29, 1.82) is 5.26 Å². The number of benzene rings is 1. The van der Waals surface area contributed by atoms with Crippen molar-refractivity contribution in [2.75, 3.05) is 26.0 Å². The highest BCUT2D eigenvalue weighted by atomic mass is 35.5. The summed E-state index contributed by atoms with van der Waals surface area (Å²) in [5, 5.41) is 10.1. The molecule has 1 fully saturated rings. The Morgan fingerprint density at radius 3 is 2.64 bits per heavy atom. The Hall–Kier alpha value is -3.19. The van der Waals surface area contributed by atoms with Crippen molar-refractivity contribution in [3.63, 3.8) is 0 Å². The molecule has 1 aliphatic rings. The molecule has 1 aromatic carbocycles. The molecule has 0 spiro atoms. The molecular formula is C25H22Cl2N4O4S. The number of ether oxygens (including phenoxy) is 1. The van der Waals surface area contributed by atoms with Crippen LogP contribution in [-0.2, 0) is 9.84 Å². The number of carbonyl (C=O) groups is 1. The minimum Gasteiger partial charge on any atom is -0.492 e. The van der Waals surface area contributed by atoms with Gasteiger partial charge in [-0.25, -0.2) is 13.4 Å². The van der Waals surface area contributed by atoms with Crippen molar-refractivity contribution in [1.82, 2.24) is 14.9 Å². The maximum absolute atomic E-state index is 13.2. The maximum Gasteiger partial charge on any atom is 0.255 e. The summed E-state index contributed by atoms with van der Waals surface area (Å²) in [4.78, 5) is 22.8. The Morgan fingerprint density at radius 1 is 1.17 bits per heavy atom. The minimum atomic E-state index is -3.46. The van der Waals surface area contributed by atoms with Crippen molar-refractivity contribution in [3.05, 3.63) is 81.7 Å². The quantitative estimate of drug-likeness (QED) is 0.433. The van der Waals surface area contributed by atoms with Crippen molar-refractivity contribution >= 4 is 38.9 Å². The van der Waals surface area contributed by atoms with Crippen molar-refractivity contribution < 1.29 is 17.9 Å². The fourth-order valence-corrected chi connectivity index (χ4v) is 5.14. The molecule has 0 radical (unpaired) electrons. The number of nitrogens with zero attached hydrogens (tertiary/aromatic N) is 4. The van der Waals surface area contributed by atoms with Gasteiger partial charge in [-0.2, -0.15) is 5.26 Å². The molecule has 8 nitrogen and oxygen atoms in total. The number of halogens is 2. The van der Waals surface area contributed by atoms with E-state index in [9.17, 15) is 18.5 Å². The minimum absolute atomic E-state index is 0.0246. The first kappa shape index (κ1) is 25.9. The zero-order chi connectivity index (χ0) is 25.9. The van der Waals surface area contributed by atoms with Gasteiger partial charge in [-0.1, -0.05) is 29.3 Å². The predicted molar refractivity (Wildman–Crippen MR) is 135 cm³/mol. The van der Waals surface area contributed by atoms with Crippen molar-refractivity contribution in [3.8, 4) is 11.8 Å². The number of carbonyl (C=O) groups excluding carboxylic acids is 1. The van der Waals surface area contributed by atoms with E-state index in [2.05, 4.69) is 16.0 Å². The molecule has 2 atom stereocenters. The van der Waals surface area contributed by atoms with E-state index in [1.54, 1.807) is 23.2 Å². The van der Waals surface area contributed by atoms with Crippen LogP contribution in [0.2, 0.25) is 10.0 Å². The maximum atomic E-state index is 13.2. The first-order chi connectivity index (χ1) is 17.2. The smallest absolute Gasteiger partial charge is 0.255 e. The van der Waals surface area contributed by atoms with Crippen molar-refractivity contribution in [2.45, 2.75) is 17.4 Å². The van der Waals surface area contributed by atoms with Gasteiger partial charge in [0, 0.05) is 43.9 Å². The summed E-state index contributed by atoms with van der Waals surface area (Å²) >= 11 is 12.4. The molecule has 2 aromatic heterocycles. The van der Waals surface area contributed by atoms with E-state index in [0.29, 0.717) is 53.0 Å². The van der Waals surface area contributed by atoms with Crippen LogP contribution in [0.3, 0.4) is 0 Å². The second-order valence-corrected chi connectivity index (χ2v) is 11.3. The highest BCUT2D eigenvalue weighted by Gasteiger charge is 2.36. The molecule has 0 aliphatic carbocycles. The molecule has 186 valence electrons. The monoisotopic (exact) mass is 544 g/mol. The van der Waals surface area contributed by atoms with Crippen LogP contribution >= 0.6 is 23.2 Å². The molecule has 1 saturated heterocycles. The SMILES string of the molecule is CS(=O)(=O)c1ccc(C(=O)N2CC(CCOc3ccncc3C#N)C(c3ccc(Cl)c(Cl)c3)C2)cn1. The van der Waals surface area contributed by atoms with Gasteiger partial charge in [0.05, 0.1) is 22.2 Å². The number of likely N-dealkylation sites (tertiary alicyclic amines) is 1. The van der Waals surface area contributed by atoms with Crippen LogP contribution in [0.25, 0.3) is 0 Å². The van der Waals surface area contributed by atoms with E-state index in [-0.39, 0.29) is 22.8 Å². The lowest BCUT2D eigenvalue weighted by molar-refractivity contribution is 0.0783. The summed E-state index contributed by atoms with van der Waals surface area (Å²) in [7, 11) is -3.46. The van der Waals surface area contributed by atoms with Gasteiger partial charge in [0.1, 0.15) is 17.4 Å². The molecule has 11 heteroatoms. The van der Waals surface area contributed by atoms with Gasteiger partial charge in [-0.05, 0) is 48.2 Å². The lowest BCUT2D eigenvalue weighted by atomic mass is 9.87. The van der Waals surface area contributed by atoms with E-state index in [1.807, 2.05) is 12.1 Å². The van der Waals surface area contributed by atoms with E-state index in [0.717, 1.165) is 11.8 Å². The molecule has 3 aromatic rings. The van der Waals surface area contributed by atoms with Gasteiger partial charge in [-0.3, -0.25) is 9.78 Å². The summed E-state index contributed by atoms with van der Waals surface area (Å²) in [6.45, 7) is 1.24. The third-order valence-electron chi connectivity index (χ3n) is 6.11. The van der Waals surface area contributed by atoms with Crippen LogP contribution in [0.5, 0.6) is 5.75 Å². The number of amides is 1. The predicted octanol–water partition coefficient (Wildman–Crippen LogP) is 4.38. The van der Waals surface area contributed by atoms with Crippen molar-refractivity contribution in [2.24, 2.45) is 5.92 Å². The molecule has 2 unspecified atom stereocenters. The molecule has 0 saturated carbocycles. The fourth-order valence-electron chi connectivity index (χ4n) is 4.27. The Balaban J connectivity index is 1.53. The summed E-state index contributed by atoms with van der Waals surface area (Å²) in [6, 6.07) is 12.0. The van der Waals surface area contributed by atoms with Gasteiger partial charge in [-0.15, -0.1) is 0 Å². The molecule has 4 rings (SSSR count). The average molecular weight is 545 g/mol. The Labute approximate surface area is 219 Å². The Kier molecular flexibility index (Phi) is 7.79. The number of rotatable bonds is 7. The standard InChI is InChI=1S/C25H22Cl2N4O4S/c1-36(33,34)24-5-3-17(13-30-24)25(32)31-14-18(7-9-35-23-6-8-29-12-19(23)11-28)20(15-31)16-2-4-21(26)22(27)10-16/h2-6,8,10,12-13,18,20H,7,9,14-15H2,1H3. The van der Waals surface area contributed by atoms with Gasteiger partial charge < -0.3 is 9.64 Å². The first-order valence-electron chi connectivity index (χ1n) is 11.0. The van der Waals surface area contributed by atoms with Crippen LogP contribution in [-0.4, -0.2) is 55.1 Å². The number of nitriles is 1. The van der Waals surface area contributed by atoms with E-state index in [4.69, 9.17) is 27.9 Å². The highest BCUT2D eigenvalue weighted by Crippen LogP contribution is 2.38. The fraction of sp³-hybridized carbons (Fsp3) is 0.280. The number of aromatic nitrogens is 2. The lowest BCUT2D eigenvalue weighted by Gasteiger charge is -2.19. The van der Waals surface area contributed by atoms with E-state index < -0.39 is 9.84 Å². The number of sulfone groups is 1. The summed E-state index contributed by atoms with van der Waals surface area (Å²) in [5.41, 5.74) is 1.62. The van der Waals surface area contributed by atoms with E-state index in [1.165, 1.54) is 24.5 Å². The van der Waals surface area contributed by atoms with Gasteiger partial charge in [0.2, 0.25) is 0 Å². The van der Waals surface area contributed by atoms with Gasteiger partial charge in [0.15, 0.2) is 14.9 Å². The molecule has 1 aliphatic heterocycles. The van der Waals surface area contributed by atoms with Crippen LogP contribution < -0.4 is 4.74 Å². The molecule has 3 heterocycles. The normalized spacial score (nSPS) is 17.6. The topological polar surface area (TPSA) is 113 Å². The number of pyridine rings is 2. The summed E-state index contributed by atoms with van der Waals surface area (Å²) in [6.07, 6.45) is 5.99. The van der Waals surface area contributed by atoms with Crippen LogP contribution in [0.15, 0.2) is 60.0 Å². The highest BCUT2D eigenvalue weighted by molar-refractivity contribution is 7.90. The second-order valence-electron chi connectivity index (χ2n) is 8.53. The lowest BCUT2D eigenvalue weighted by Crippen LogP contribution is -2.29.